The average molecular weight is 464 g/mol. The molecule has 2 heterocycles. The van der Waals surface area contributed by atoms with Gasteiger partial charge in [-0.2, -0.15) is 0 Å². The maximum Gasteiger partial charge on any atom is 0.0467 e. The molecule has 34 heavy (non-hydrogen) atoms. The molecule has 2 fully saturated rings. The Morgan fingerprint density at radius 1 is 1.15 bits per heavy atom. The Morgan fingerprint density at radius 3 is 2.29 bits per heavy atom. The highest BCUT2D eigenvalue weighted by molar-refractivity contribution is 5.28. The molecule has 1 saturated carbocycles. The minimum Gasteiger partial charge on any atom is -0.299 e. The van der Waals surface area contributed by atoms with Gasteiger partial charge in [-0.1, -0.05) is 69.7 Å². The molecule has 2 unspecified atom stereocenters. The van der Waals surface area contributed by atoms with Crippen LogP contribution in [0.1, 0.15) is 77.6 Å². The third-order valence-electron chi connectivity index (χ3n) is 7.58. The van der Waals surface area contributed by atoms with Gasteiger partial charge in [0.2, 0.25) is 0 Å². The van der Waals surface area contributed by atoms with Crippen molar-refractivity contribution in [3.63, 3.8) is 0 Å². The van der Waals surface area contributed by atoms with E-state index in [9.17, 15) is 0 Å². The lowest BCUT2D eigenvalue weighted by atomic mass is 10.0. The molecule has 1 aliphatic carbocycles. The average Bonchev–Trinajstić information content (AvgIpc) is 3.49. The predicted molar refractivity (Wildman–Crippen MR) is 148 cm³/mol. The minimum absolute atomic E-state index is 0.381. The van der Waals surface area contributed by atoms with Gasteiger partial charge in [0.05, 0.1) is 0 Å². The number of aromatic nitrogens is 1. The van der Waals surface area contributed by atoms with Crippen molar-refractivity contribution in [3.05, 3.63) is 77.1 Å². The molecule has 0 N–H and O–H groups in total. The Hall–Kier alpha value is -1.97. The van der Waals surface area contributed by atoms with E-state index in [1.807, 2.05) is 20.0 Å². The monoisotopic (exact) mass is 463 g/mol. The molecule has 2 aliphatic rings. The summed E-state index contributed by atoms with van der Waals surface area (Å²) in [6.45, 7) is 19.7. The first-order valence-corrected chi connectivity index (χ1v) is 13.3. The van der Waals surface area contributed by atoms with Crippen molar-refractivity contribution >= 4 is 0 Å². The molecule has 1 aromatic carbocycles. The van der Waals surface area contributed by atoms with Crippen LogP contribution in [0, 0.1) is 12.8 Å². The van der Waals surface area contributed by atoms with Crippen LogP contribution >= 0.6 is 0 Å². The first-order chi connectivity index (χ1) is 16.3. The lowest BCUT2D eigenvalue weighted by molar-refractivity contribution is 0.129. The second kappa shape index (κ2) is 13.8. The highest BCUT2D eigenvalue weighted by Crippen LogP contribution is 2.52. The van der Waals surface area contributed by atoms with E-state index in [0.29, 0.717) is 5.41 Å². The van der Waals surface area contributed by atoms with Crippen LogP contribution in [0.4, 0.5) is 0 Å². The molecule has 2 atom stereocenters. The Morgan fingerprint density at radius 2 is 1.76 bits per heavy atom. The SMILES string of the molecule is C/C=C(\C)CN(C)C1CCN(Cc2ccccc2)CC1.CC.Cc1ccnc(C2(C)CC2C)c1. The van der Waals surface area contributed by atoms with E-state index in [1.54, 1.807) is 0 Å². The van der Waals surface area contributed by atoms with Crippen molar-refractivity contribution in [2.24, 2.45) is 5.92 Å². The molecular weight excluding hydrogens is 414 g/mol. The summed E-state index contributed by atoms with van der Waals surface area (Å²) in [5, 5.41) is 0. The fraction of sp³-hybridized carbons (Fsp3) is 0.581. The van der Waals surface area contributed by atoms with Gasteiger partial charge in [-0.25, -0.2) is 0 Å². The Kier molecular flexibility index (Phi) is 11.5. The van der Waals surface area contributed by atoms with Crippen LogP contribution < -0.4 is 0 Å². The van der Waals surface area contributed by atoms with Crippen LogP contribution in [-0.2, 0) is 12.0 Å². The zero-order chi connectivity index (χ0) is 25.1. The van der Waals surface area contributed by atoms with Gasteiger partial charge in [-0.05, 0) is 89.3 Å². The molecule has 0 radical (unpaired) electrons. The summed E-state index contributed by atoms with van der Waals surface area (Å²) < 4.78 is 0. The molecule has 1 aliphatic heterocycles. The predicted octanol–water partition coefficient (Wildman–Crippen LogP) is 7.26. The quantitative estimate of drug-likeness (QED) is 0.420. The Balaban J connectivity index is 0.000000248. The highest BCUT2D eigenvalue weighted by atomic mass is 15.2. The number of likely N-dealkylation sites (tertiary alicyclic amines) is 1. The van der Waals surface area contributed by atoms with Crippen LogP contribution in [0.15, 0.2) is 60.3 Å². The van der Waals surface area contributed by atoms with Crippen molar-refractivity contribution in [1.82, 2.24) is 14.8 Å². The van der Waals surface area contributed by atoms with Crippen LogP contribution in [0.2, 0.25) is 0 Å². The van der Waals surface area contributed by atoms with Crippen molar-refractivity contribution in [2.45, 2.75) is 85.7 Å². The molecule has 0 amide bonds. The number of piperidine rings is 1. The number of rotatable bonds is 6. The molecule has 3 nitrogen and oxygen atoms in total. The molecule has 1 aromatic heterocycles. The summed E-state index contributed by atoms with van der Waals surface area (Å²) >= 11 is 0. The summed E-state index contributed by atoms with van der Waals surface area (Å²) in [7, 11) is 2.27. The van der Waals surface area contributed by atoms with Crippen LogP contribution in [0.25, 0.3) is 0 Å². The van der Waals surface area contributed by atoms with E-state index in [0.717, 1.165) is 25.0 Å². The van der Waals surface area contributed by atoms with Crippen molar-refractivity contribution < 1.29 is 0 Å². The van der Waals surface area contributed by atoms with Gasteiger partial charge in [0, 0.05) is 36.4 Å². The van der Waals surface area contributed by atoms with Gasteiger partial charge in [-0.3, -0.25) is 14.8 Å². The van der Waals surface area contributed by atoms with E-state index in [4.69, 9.17) is 0 Å². The van der Waals surface area contributed by atoms with E-state index in [1.165, 1.54) is 54.7 Å². The first kappa shape index (κ1) is 28.3. The summed E-state index contributed by atoms with van der Waals surface area (Å²) in [5.74, 6) is 0.812. The van der Waals surface area contributed by atoms with Crippen LogP contribution in [-0.4, -0.2) is 47.5 Å². The molecule has 3 heteroatoms. The summed E-state index contributed by atoms with van der Waals surface area (Å²) in [6.07, 6.45) is 8.02. The normalized spacial score (nSPS) is 23.0. The lowest BCUT2D eigenvalue weighted by Gasteiger charge is -2.37. The number of benzene rings is 1. The Bertz CT molecular complexity index is 867. The summed E-state index contributed by atoms with van der Waals surface area (Å²) in [6, 6.07) is 15.8. The molecule has 1 saturated heterocycles. The molecule has 0 spiro atoms. The Labute approximate surface area is 210 Å². The maximum absolute atomic E-state index is 4.42. The zero-order valence-electron chi connectivity index (χ0n) is 23.1. The van der Waals surface area contributed by atoms with E-state index in [-0.39, 0.29) is 0 Å². The van der Waals surface area contributed by atoms with Gasteiger partial charge in [0.15, 0.2) is 0 Å². The maximum atomic E-state index is 4.42. The van der Waals surface area contributed by atoms with Crippen LogP contribution in [0.5, 0.6) is 0 Å². The second-order valence-corrected chi connectivity index (χ2v) is 10.3. The first-order valence-electron chi connectivity index (χ1n) is 13.3. The van der Waals surface area contributed by atoms with Crippen LogP contribution in [0.3, 0.4) is 0 Å². The third-order valence-corrected chi connectivity index (χ3v) is 7.58. The number of pyridine rings is 1. The molecular formula is C31H49N3. The van der Waals surface area contributed by atoms with Crippen molar-refractivity contribution in [1.29, 1.82) is 0 Å². The largest absolute Gasteiger partial charge is 0.299 e. The molecule has 2 aromatic rings. The topological polar surface area (TPSA) is 19.4 Å². The smallest absolute Gasteiger partial charge is 0.0467 e. The van der Waals surface area contributed by atoms with Gasteiger partial charge in [0.25, 0.3) is 0 Å². The van der Waals surface area contributed by atoms with Gasteiger partial charge < -0.3 is 0 Å². The van der Waals surface area contributed by atoms with E-state index in [2.05, 4.69) is 105 Å². The third kappa shape index (κ3) is 8.36. The number of allylic oxidation sites excluding steroid dienone is 1. The van der Waals surface area contributed by atoms with Gasteiger partial charge in [-0.15, -0.1) is 0 Å². The fourth-order valence-electron chi connectivity index (χ4n) is 4.76. The molecule has 188 valence electrons. The van der Waals surface area contributed by atoms with E-state index < -0.39 is 0 Å². The fourth-order valence-corrected chi connectivity index (χ4v) is 4.76. The number of aryl methyl sites for hydroxylation is 1. The number of likely N-dealkylation sites (N-methyl/N-ethyl adjacent to an activating group) is 1. The molecule has 4 rings (SSSR count). The molecule has 0 bridgehead atoms. The second-order valence-electron chi connectivity index (χ2n) is 10.3. The lowest BCUT2D eigenvalue weighted by Crippen LogP contribution is -2.43. The zero-order valence-corrected chi connectivity index (χ0v) is 23.1. The van der Waals surface area contributed by atoms with Crippen molar-refractivity contribution in [3.8, 4) is 0 Å². The standard InChI is InChI=1S/C18H28N2.C11H15N.C2H6/c1-4-16(2)14-19(3)18-10-12-20(13-11-18)15-17-8-6-5-7-9-17;1-8-4-5-12-10(6-8)11(3)7-9(11)2;1-2/h4-9,18H,10-15H2,1-3H3;4-6,9H,7H2,1-3H3;1-2H3/b16-4+;;. The van der Waals surface area contributed by atoms with E-state index >= 15 is 0 Å². The minimum atomic E-state index is 0.381. The summed E-state index contributed by atoms with van der Waals surface area (Å²) in [5.41, 5.74) is 5.88. The summed E-state index contributed by atoms with van der Waals surface area (Å²) in [4.78, 5) is 9.53. The number of hydrogen-bond acceptors (Lipinski definition) is 3. The number of hydrogen-bond donors (Lipinski definition) is 0. The van der Waals surface area contributed by atoms with Gasteiger partial charge in [0.1, 0.15) is 0 Å². The number of nitrogens with zero attached hydrogens (tertiary/aromatic N) is 3. The highest BCUT2D eigenvalue weighted by Gasteiger charge is 2.48. The van der Waals surface area contributed by atoms with Crippen molar-refractivity contribution in [2.75, 3.05) is 26.7 Å². The van der Waals surface area contributed by atoms with Gasteiger partial charge >= 0.3 is 0 Å².